The van der Waals surface area contributed by atoms with Crippen LogP contribution in [0.1, 0.15) is 10.4 Å². The highest BCUT2D eigenvalue weighted by Gasteiger charge is 2.05. The van der Waals surface area contributed by atoms with Crippen LogP contribution in [0.5, 0.6) is 0 Å². The van der Waals surface area contributed by atoms with Gasteiger partial charge in [0.05, 0.1) is 11.1 Å². The maximum atomic E-state index is 4.94. The summed E-state index contributed by atoms with van der Waals surface area (Å²) in [5.41, 5.74) is 4.00. The Bertz CT molecular complexity index is 572. The minimum absolute atomic E-state index is 0.514. The number of nitrogens with one attached hydrogen (secondary N) is 2. The van der Waals surface area contributed by atoms with Gasteiger partial charge in [-0.25, -0.2) is 0 Å². The highest BCUT2D eigenvalue weighted by atomic mass is 32.1. The van der Waals surface area contributed by atoms with E-state index in [-0.39, 0.29) is 0 Å². The van der Waals surface area contributed by atoms with E-state index in [9.17, 15) is 0 Å². The molecule has 0 spiro atoms. The fraction of sp³-hybridized carbons (Fsp3) is 0.167. The van der Waals surface area contributed by atoms with Crippen molar-refractivity contribution in [1.29, 1.82) is 0 Å². The molecule has 2 rings (SSSR count). The van der Waals surface area contributed by atoms with Crippen LogP contribution in [0.2, 0.25) is 0 Å². The van der Waals surface area contributed by atoms with Gasteiger partial charge in [-0.2, -0.15) is 5.10 Å². The second-order valence-corrected chi connectivity index (χ2v) is 5.03. The molecular weight excluding hydrogens is 250 g/mol. The van der Waals surface area contributed by atoms with Crippen LogP contribution in [0.15, 0.2) is 29.4 Å². The van der Waals surface area contributed by atoms with E-state index in [0.29, 0.717) is 5.11 Å². The van der Waals surface area contributed by atoms with Gasteiger partial charge in [-0.1, -0.05) is 18.2 Å². The molecule has 1 aromatic carbocycles. The molecule has 0 aliphatic rings. The fourth-order valence-corrected chi connectivity index (χ4v) is 2.66. The molecule has 0 atom stereocenters. The number of nitrogens with zero attached hydrogens (tertiary/aromatic N) is 1. The van der Waals surface area contributed by atoms with Gasteiger partial charge in [-0.05, 0) is 36.2 Å². The molecule has 0 saturated carbocycles. The van der Waals surface area contributed by atoms with Gasteiger partial charge < -0.3 is 5.32 Å². The Hall–Kier alpha value is -1.46. The van der Waals surface area contributed by atoms with Crippen LogP contribution >= 0.6 is 23.6 Å². The Morgan fingerprint density at radius 2 is 2.18 bits per heavy atom. The molecule has 88 valence electrons. The fourth-order valence-electron chi connectivity index (χ4n) is 1.52. The van der Waals surface area contributed by atoms with Gasteiger partial charge in [0.1, 0.15) is 0 Å². The van der Waals surface area contributed by atoms with Gasteiger partial charge in [-0.3, -0.25) is 5.43 Å². The highest BCUT2D eigenvalue weighted by Crippen LogP contribution is 2.29. The molecule has 0 saturated heterocycles. The third-order valence-corrected chi connectivity index (χ3v) is 3.96. The van der Waals surface area contributed by atoms with Gasteiger partial charge >= 0.3 is 0 Å². The largest absolute Gasteiger partial charge is 0.364 e. The van der Waals surface area contributed by atoms with E-state index in [4.69, 9.17) is 12.2 Å². The summed E-state index contributed by atoms with van der Waals surface area (Å²) in [6.07, 6.45) is 1.81. The third-order valence-electron chi connectivity index (χ3n) is 2.46. The summed E-state index contributed by atoms with van der Waals surface area (Å²) < 4.78 is 1.28. The maximum Gasteiger partial charge on any atom is 0.186 e. The Kier molecular flexibility index (Phi) is 3.71. The van der Waals surface area contributed by atoms with Gasteiger partial charge in [0.15, 0.2) is 5.11 Å². The number of hydrogen-bond donors (Lipinski definition) is 2. The Morgan fingerprint density at radius 3 is 2.88 bits per heavy atom. The lowest BCUT2D eigenvalue weighted by Crippen LogP contribution is -2.28. The first kappa shape index (κ1) is 12.0. The molecule has 1 aromatic heterocycles. The summed E-state index contributed by atoms with van der Waals surface area (Å²) in [7, 11) is 1.76. The molecule has 17 heavy (non-hydrogen) atoms. The van der Waals surface area contributed by atoms with Crippen molar-refractivity contribution in [2.45, 2.75) is 6.92 Å². The van der Waals surface area contributed by atoms with Crippen molar-refractivity contribution in [2.24, 2.45) is 5.10 Å². The zero-order valence-corrected chi connectivity index (χ0v) is 11.3. The van der Waals surface area contributed by atoms with Gasteiger partial charge in [-0.15, -0.1) is 11.3 Å². The van der Waals surface area contributed by atoms with Crippen LogP contribution in [-0.2, 0) is 0 Å². The topological polar surface area (TPSA) is 36.4 Å². The van der Waals surface area contributed by atoms with E-state index < -0.39 is 0 Å². The number of aryl methyl sites for hydroxylation is 1. The molecule has 0 bridgehead atoms. The lowest BCUT2D eigenvalue weighted by Gasteiger charge is -1.98. The predicted octanol–water partition coefficient (Wildman–Crippen LogP) is 2.64. The van der Waals surface area contributed by atoms with Crippen LogP contribution in [-0.4, -0.2) is 18.4 Å². The molecule has 0 fully saturated rings. The Labute approximate surface area is 110 Å². The molecule has 2 N–H and O–H groups in total. The second-order valence-electron chi connectivity index (χ2n) is 3.54. The summed E-state index contributed by atoms with van der Waals surface area (Å²) in [5, 5.41) is 8.70. The molecule has 1 heterocycles. The van der Waals surface area contributed by atoms with E-state index in [1.165, 1.54) is 15.6 Å². The average molecular weight is 263 g/mol. The van der Waals surface area contributed by atoms with Crippen molar-refractivity contribution in [3.8, 4) is 0 Å². The normalized spacial score (nSPS) is 10.9. The van der Waals surface area contributed by atoms with Crippen LogP contribution < -0.4 is 10.7 Å². The second kappa shape index (κ2) is 5.25. The SMILES string of the molecule is CNC(=S)NN=Cc1sc2ccccc2c1C. The molecule has 2 aromatic rings. The van der Waals surface area contributed by atoms with Gasteiger partial charge in [0.2, 0.25) is 0 Å². The van der Waals surface area contributed by atoms with Crippen molar-refractivity contribution in [1.82, 2.24) is 10.7 Å². The number of thiocarbonyl (C=S) groups is 1. The molecule has 0 unspecified atom stereocenters. The molecule has 0 amide bonds. The standard InChI is InChI=1S/C12H13N3S2/c1-8-9-5-3-4-6-10(9)17-11(8)7-14-15-12(16)13-2/h3-7H,1-2H3,(H2,13,15,16). The lowest BCUT2D eigenvalue weighted by molar-refractivity contribution is 0.982. The minimum Gasteiger partial charge on any atom is -0.364 e. The zero-order chi connectivity index (χ0) is 12.3. The first-order valence-corrected chi connectivity index (χ1v) is 6.43. The molecule has 5 heteroatoms. The van der Waals surface area contributed by atoms with Crippen molar-refractivity contribution in [2.75, 3.05) is 7.05 Å². The highest BCUT2D eigenvalue weighted by molar-refractivity contribution is 7.80. The molecule has 3 nitrogen and oxygen atoms in total. The van der Waals surface area contributed by atoms with Gasteiger partial charge in [0.25, 0.3) is 0 Å². The monoisotopic (exact) mass is 263 g/mol. The Morgan fingerprint density at radius 1 is 1.41 bits per heavy atom. The average Bonchev–Trinajstić information content (AvgIpc) is 2.67. The first-order chi connectivity index (χ1) is 8.22. The quantitative estimate of drug-likeness (QED) is 0.497. The smallest absolute Gasteiger partial charge is 0.186 e. The summed E-state index contributed by atoms with van der Waals surface area (Å²) >= 11 is 6.67. The Balaban J connectivity index is 2.24. The number of hydrogen-bond acceptors (Lipinski definition) is 3. The zero-order valence-electron chi connectivity index (χ0n) is 9.65. The van der Waals surface area contributed by atoms with E-state index in [2.05, 4.69) is 41.0 Å². The number of thiophene rings is 1. The van der Waals surface area contributed by atoms with E-state index in [1.807, 2.05) is 12.3 Å². The third kappa shape index (κ3) is 2.62. The van der Waals surface area contributed by atoms with Crippen molar-refractivity contribution in [3.63, 3.8) is 0 Å². The van der Waals surface area contributed by atoms with Crippen LogP contribution in [0.4, 0.5) is 0 Å². The molecule has 0 radical (unpaired) electrons. The summed E-state index contributed by atoms with van der Waals surface area (Å²) in [4.78, 5) is 1.15. The summed E-state index contributed by atoms with van der Waals surface area (Å²) in [6, 6.07) is 8.35. The first-order valence-electron chi connectivity index (χ1n) is 5.21. The summed E-state index contributed by atoms with van der Waals surface area (Å²) in [6.45, 7) is 2.11. The van der Waals surface area contributed by atoms with Crippen LogP contribution in [0.25, 0.3) is 10.1 Å². The molecule has 0 aliphatic heterocycles. The molecule has 0 aliphatic carbocycles. The maximum absolute atomic E-state index is 4.94. The van der Waals surface area contributed by atoms with Crippen molar-refractivity contribution in [3.05, 3.63) is 34.7 Å². The number of fused-ring (bicyclic) bond motifs is 1. The number of benzene rings is 1. The summed E-state index contributed by atoms with van der Waals surface area (Å²) in [5.74, 6) is 0. The van der Waals surface area contributed by atoms with Crippen molar-refractivity contribution < 1.29 is 0 Å². The van der Waals surface area contributed by atoms with Crippen LogP contribution in [0.3, 0.4) is 0 Å². The lowest BCUT2D eigenvalue weighted by atomic mass is 10.1. The van der Waals surface area contributed by atoms with E-state index in [1.54, 1.807) is 18.4 Å². The van der Waals surface area contributed by atoms with E-state index in [0.717, 1.165) is 4.88 Å². The van der Waals surface area contributed by atoms with E-state index >= 15 is 0 Å². The van der Waals surface area contributed by atoms with Crippen molar-refractivity contribution >= 4 is 45.0 Å². The number of rotatable bonds is 2. The predicted molar refractivity (Wildman–Crippen MR) is 78.9 cm³/mol. The minimum atomic E-state index is 0.514. The molecular formula is C12H13N3S2. The van der Waals surface area contributed by atoms with Gasteiger partial charge in [0, 0.05) is 11.7 Å². The van der Waals surface area contributed by atoms with Crippen LogP contribution in [0, 0.1) is 6.92 Å². The number of hydrazone groups is 1.